The summed E-state index contributed by atoms with van der Waals surface area (Å²) in [6.07, 6.45) is 1.34. The minimum Gasteiger partial charge on any atom is -0.394 e. The summed E-state index contributed by atoms with van der Waals surface area (Å²) in [4.78, 5) is 14.2. The molecular formula is C11H18N4O3. The smallest absolute Gasteiger partial charge is 0.276 e. The SMILES string of the molecule is CCC(CC)(CO)Nc1cc([N+](=O)[O-])cc(N)n1. The number of pyridine rings is 1. The molecule has 0 amide bonds. The van der Waals surface area contributed by atoms with Gasteiger partial charge >= 0.3 is 0 Å². The van der Waals surface area contributed by atoms with E-state index < -0.39 is 10.5 Å². The monoisotopic (exact) mass is 254 g/mol. The lowest BCUT2D eigenvalue weighted by atomic mass is 9.94. The van der Waals surface area contributed by atoms with Crippen LogP contribution in [0, 0.1) is 10.1 Å². The van der Waals surface area contributed by atoms with Gasteiger partial charge in [-0.1, -0.05) is 13.8 Å². The van der Waals surface area contributed by atoms with Gasteiger partial charge in [0.15, 0.2) is 0 Å². The number of nitrogens with zero attached hydrogens (tertiary/aromatic N) is 2. The minimum atomic E-state index is -0.533. The van der Waals surface area contributed by atoms with Crippen molar-refractivity contribution in [2.75, 3.05) is 17.7 Å². The van der Waals surface area contributed by atoms with Crippen molar-refractivity contribution in [3.8, 4) is 0 Å². The second-order valence-corrected chi connectivity index (χ2v) is 4.16. The molecule has 0 saturated carbocycles. The van der Waals surface area contributed by atoms with Crippen LogP contribution in [0.4, 0.5) is 17.3 Å². The molecule has 1 aromatic heterocycles. The fourth-order valence-corrected chi connectivity index (χ4v) is 1.67. The van der Waals surface area contributed by atoms with E-state index in [1.807, 2.05) is 13.8 Å². The number of hydrogen-bond donors (Lipinski definition) is 3. The Morgan fingerprint density at radius 1 is 1.50 bits per heavy atom. The van der Waals surface area contributed by atoms with E-state index in [9.17, 15) is 15.2 Å². The third-order valence-electron chi connectivity index (χ3n) is 3.09. The standard InChI is InChI=1S/C11H18N4O3/c1-3-11(4-2,7-16)14-10-6-8(15(17)18)5-9(12)13-10/h5-6,16H,3-4,7H2,1-2H3,(H3,12,13,14). The van der Waals surface area contributed by atoms with Crippen molar-refractivity contribution in [1.82, 2.24) is 4.98 Å². The Kier molecular flexibility index (Phi) is 4.43. The van der Waals surface area contributed by atoms with Crippen molar-refractivity contribution in [2.24, 2.45) is 0 Å². The molecule has 1 rings (SSSR count). The van der Waals surface area contributed by atoms with Gasteiger partial charge in [0.2, 0.25) is 0 Å². The van der Waals surface area contributed by atoms with Gasteiger partial charge in [-0.15, -0.1) is 0 Å². The van der Waals surface area contributed by atoms with Crippen LogP contribution in [0.5, 0.6) is 0 Å². The summed E-state index contributed by atoms with van der Waals surface area (Å²) in [5.74, 6) is 0.380. The first-order valence-electron chi connectivity index (χ1n) is 5.77. The van der Waals surface area contributed by atoms with Crippen molar-refractivity contribution < 1.29 is 10.0 Å². The van der Waals surface area contributed by atoms with E-state index in [0.29, 0.717) is 18.7 Å². The number of rotatable bonds is 6. The number of aliphatic hydroxyl groups excluding tert-OH is 1. The van der Waals surface area contributed by atoms with Crippen LogP contribution >= 0.6 is 0 Å². The topological polar surface area (TPSA) is 114 Å². The lowest BCUT2D eigenvalue weighted by molar-refractivity contribution is -0.384. The molecule has 0 aliphatic carbocycles. The molecule has 1 aromatic rings. The maximum atomic E-state index is 10.7. The maximum Gasteiger partial charge on any atom is 0.276 e. The van der Waals surface area contributed by atoms with Crippen LogP contribution in [0.2, 0.25) is 0 Å². The van der Waals surface area contributed by atoms with E-state index in [1.165, 1.54) is 12.1 Å². The molecular weight excluding hydrogens is 236 g/mol. The number of nitrogen functional groups attached to an aromatic ring is 1. The van der Waals surface area contributed by atoms with E-state index in [-0.39, 0.29) is 18.1 Å². The second-order valence-electron chi connectivity index (χ2n) is 4.16. The fraction of sp³-hybridized carbons (Fsp3) is 0.545. The van der Waals surface area contributed by atoms with Crippen molar-refractivity contribution in [3.63, 3.8) is 0 Å². The highest BCUT2D eigenvalue weighted by Crippen LogP contribution is 2.24. The maximum absolute atomic E-state index is 10.7. The first kappa shape index (κ1) is 14.2. The summed E-state index contributed by atoms with van der Waals surface area (Å²) >= 11 is 0. The summed E-state index contributed by atoms with van der Waals surface area (Å²) in [6, 6.07) is 2.51. The van der Waals surface area contributed by atoms with Gasteiger partial charge in [-0.2, -0.15) is 0 Å². The van der Waals surface area contributed by atoms with Crippen LogP contribution in [0.3, 0.4) is 0 Å². The fourth-order valence-electron chi connectivity index (χ4n) is 1.67. The second kappa shape index (κ2) is 5.63. The van der Waals surface area contributed by atoms with Crippen molar-refractivity contribution in [1.29, 1.82) is 0 Å². The molecule has 0 radical (unpaired) electrons. The Morgan fingerprint density at radius 2 is 2.11 bits per heavy atom. The van der Waals surface area contributed by atoms with E-state index in [0.717, 1.165) is 0 Å². The first-order chi connectivity index (χ1) is 8.46. The highest BCUT2D eigenvalue weighted by atomic mass is 16.6. The average Bonchev–Trinajstić information content (AvgIpc) is 2.35. The molecule has 100 valence electrons. The summed E-state index contributed by atoms with van der Waals surface area (Å²) in [6.45, 7) is 3.77. The molecule has 4 N–H and O–H groups in total. The van der Waals surface area contributed by atoms with Crippen LogP contribution in [-0.2, 0) is 0 Å². The third kappa shape index (κ3) is 3.07. The summed E-state index contributed by atoms with van der Waals surface area (Å²) in [7, 11) is 0. The quantitative estimate of drug-likeness (QED) is 0.524. The molecule has 1 heterocycles. The molecule has 0 unspecified atom stereocenters. The zero-order valence-corrected chi connectivity index (χ0v) is 10.5. The van der Waals surface area contributed by atoms with Crippen LogP contribution in [-0.4, -0.2) is 27.2 Å². The van der Waals surface area contributed by atoms with Gasteiger partial charge in [0.25, 0.3) is 5.69 Å². The van der Waals surface area contributed by atoms with Crippen molar-refractivity contribution in [2.45, 2.75) is 32.2 Å². The Hall–Kier alpha value is -1.89. The Labute approximate surface area is 105 Å². The van der Waals surface area contributed by atoms with Gasteiger partial charge < -0.3 is 16.2 Å². The van der Waals surface area contributed by atoms with Crippen LogP contribution in [0.15, 0.2) is 12.1 Å². The molecule has 0 aliphatic heterocycles. The van der Waals surface area contributed by atoms with Crippen LogP contribution in [0.1, 0.15) is 26.7 Å². The summed E-state index contributed by atoms with van der Waals surface area (Å²) < 4.78 is 0. The number of aliphatic hydroxyl groups is 1. The Morgan fingerprint density at radius 3 is 2.56 bits per heavy atom. The number of hydrogen-bond acceptors (Lipinski definition) is 6. The zero-order chi connectivity index (χ0) is 13.8. The molecule has 0 aliphatic rings. The van der Waals surface area contributed by atoms with Crippen molar-refractivity contribution in [3.05, 3.63) is 22.2 Å². The zero-order valence-electron chi connectivity index (χ0n) is 10.5. The highest BCUT2D eigenvalue weighted by Gasteiger charge is 2.26. The minimum absolute atomic E-state index is 0.0748. The van der Waals surface area contributed by atoms with Crippen LogP contribution in [0.25, 0.3) is 0 Å². The summed E-state index contributed by atoms with van der Waals surface area (Å²) in [5, 5.41) is 23.2. The predicted octanol–water partition coefficient (Wildman–Crippen LogP) is 1.53. The lowest BCUT2D eigenvalue weighted by Crippen LogP contribution is -2.41. The normalized spacial score (nSPS) is 11.3. The molecule has 0 saturated heterocycles. The van der Waals surface area contributed by atoms with E-state index in [1.54, 1.807) is 0 Å². The van der Waals surface area contributed by atoms with Crippen molar-refractivity contribution >= 4 is 17.3 Å². The Bertz CT molecular complexity index is 424. The van der Waals surface area contributed by atoms with Gasteiger partial charge in [-0.3, -0.25) is 10.1 Å². The first-order valence-corrected chi connectivity index (χ1v) is 5.77. The van der Waals surface area contributed by atoms with E-state index in [4.69, 9.17) is 5.73 Å². The van der Waals surface area contributed by atoms with E-state index >= 15 is 0 Å². The van der Waals surface area contributed by atoms with Gasteiger partial charge in [-0.05, 0) is 12.8 Å². The molecule has 0 fully saturated rings. The number of aromatic nitrogens is 1. The van der Waals surface area contributed by atoms with Gasteiger partial charge in [-0.25, -0.2) is 4.98 Å². The van der Waals surface area contributed by atoms with E-state index in [2.05, 4.69) is 10.3 Å². The molecule has 0 bridgehead atoms. The molecule has 18 heavy (non-hydrogen) atoms. The number of nitro groups is 1. The lowest BCUT2D eigenvalue weighted by Gasteiger charge is -2.31. The average molecular weight is 254 g/mol. The molecule has 0 atom stereocenters. The third-order valence-corrected chi connectivity index (χ3v) is 3.09. The molecule has 7 heteroatoms. The largest absolute Gasteiger partial charge is 0.394 e. The Balaban J connectivity index is 3.06. The predicted molar refractivity (Wildman–Crippen MR) is 69.3 cm³/mol. The summed E-state index contributed by atoms with van der Waals surface area (Å²) in [5.41, 5.74) is 4.87. The number of nitrogens with two attached hydrogens (primary N) is 1. The van der Waals surface area contributed by atoms with Crippen LogP contribution < -0.4 is 11.1 Å². The highest BCUT2D eigenvalue weighted by molar-refractivity contribution is 5.53. The van der Waals surface area contributed by atoms with Gasteiger partial charge in [0, 0.05) is 0 Å². The molecule has 7 nitrogen and oxygen atoms in total. The molecule has 0 spiro atoms. The van der Waals surface area contributed by atoms with Gasteiger partial charge in [0.1, 0.15) is 11.6 Å². The molecule has 0 aromatic carbocycles. The number of anilines is 2. The van der Waals surface area contributed by atoms with Gasteiger partial charge in [0.05, 0.1) is 29.2 Å². The number of nitrogens with one attached hydrogen (secondary N) is 1.